The number of carboxylic acids is 1. The van der Waals surface area contributed by atoms with Gasteiger partial charge in [0.2, 0.25) is 0 Å². The first-order valence-electron chi connectivity index (χ1n) is 7.22. The molecule has 0 radical (unpaired) electrons. The van der Waals surface area contributed by atoms with Gasteiger partial charge in [0.1, 0.15) is 0 Å². The lowest BCUT2D eigenvalue weighted by atomic mass is 10.0. The van der Waals surface area contributed by atoms with Crippen LogP contribution in [0.1, 0.15) is 26.7 Å². The Labute approximate surface area is 116 Å². The summed E-state index contributed by atoms with van der Waals surface area (Å²) in [6.45, 7) is 9.41. The number of rotatable bonds is 8. The van der Waals surface area contributed by atoms with Crippen LogP contribution in [0, 0.1) is 5.92 Å². The van der Waals surface area contributed by atoms with E-state index in [0.717, 1.165) is 45.6 Å². The van der Waals surface area contributed by atoms with E-state index in [9.17, 15) is 4.79 Å². The SMILES string of the molecule is CCNCCN(CC)CC1C=CC(C(=O)O)=CCC1. The first kappa shape index (κ1) is 15.9. The van der Waals surface area contributed by atoms with Crippen LogP contribution in [-0.4, -0.2) is 48.7 Å². The van der Waals surface area contributed by atoms with Crippen molar-refractivity contribution in [3.05, 3.63) is 23.8 Å². The number of nitrogens with one attached hydrogen (secondary N) is 1. The second kappa shape index (κ2) is 8.88. The highest BCUT2D eigenvalue weighted by Crippen LogP contribution is 2.17. The van der Waals surface area contributed by atoms with Crippen molar-refractivity contribution in [3.8, 4) is 0 Å². The molecule has 0 aromatic rings. The van der Waals surface area contributed by atoms with Crippen LogP contribution in [0.2, 0.25) is 0 Å². The maximum absolute atomic E-state index is 10.9. The molecule has 1 rings (SSSR count). The van der Waals surface area contributed by atoms with E-state index in [0.29, 0.717) is 11.5 Å². The molecule has 2 N–H and O–H groups in total. The molecule has 0 aromatic heterocycles. The first-order valence-corrected chi connectivity index (χ1v) is 7.22. The lowest BCUT2D eigenvalue weighted by Gasteiger charge is -2.24. The van der Waals surface area contributed by atoms with Crippen molar-refractivity contribution in [2.45, 2.75) is 26.7 Å². The zero-order chi connectivity index (χ0) is 14.1. The largest absolute Gasteiger partial charge is 0.478 e. The monoisotopic (exact) mass is 266 g/mol. The molecule has 4 nitrogen and oxygen atoms in total. The molecule has 0 fully saturated rings. The number of aliphatic carboxylic acids is 1. The summed E-state index contributed by atoms with van der Waals surface area (Å²) in [6.07, 6.45) is 7.53. The predicted molar refractivity (Wildman–Crippen MR) is 78.2 cm³/mol. The summed E-state index contributed by atoms with van der Waals surface area (Å²) in [5, 5.41) is 12.3. The van der Waals surface area contributed by atoms with Gasteiger partial charge in [-0.05, 0) is 31.8 Å². The highest BCUT2D eigenvalue weighted by Gasteiger charge is 2.14. The van der Waals surface area contributed by atoms with E-state index in [4.69, 9.17) is 5.11 Å². The van der Waals surface area contributed by atoms with Crippen LogP contribution in [0.5, 0.6) is 0 Å². The number of carbonyl (C=O) groups is 1. The van der Waals surface area contributed by atoms with E-state index in [-0.39, 0.29) is 0 Å². The molecule has 0 saturated carbocycles. The fraction of sp³-hybridized carbons (Fsp3) is 0.667. The molecule has 0 spiro atoms. The number of hydrogen-bond donors (Lipinski definition) is 2. The minimum atomic E-state index is -0.823. The number of allylic oxidation sites excluding steroid dienone is 1. The molecule has 0 bridgehead atoms. The Balaban J connectivity index is 2.43. The summed E-state index contributed by atoms with van der Waals surface area (Å²) in [5.41, 5.74) is 0.429. The van der Waals surface area contributed by atoms with E-state index in [1.807, 2.05) is 6.08 Å². The molecule has 0 saturated heterocycles. The maximum Gasteiger partial charge on any atom is 0.335 e. The normalized spacial score (nSPS) is 19.3. The van der Waals surface area contributed by atoms with E-state index in [1.165, 1.54) is 0 Å². The summed E-state index contributed by atoms with van der Waals surface area (Å²) in [4.78, 5) is 13.3. The van der Waals surface area contributed by atoms with E-state index < -0.39 is 5.97 Å². The third-order valence-corrected chi connectivity index (χ3v) is 3.49. The lowest BCUT2D eigenvalue weighted by Crippen LogP contribution is -2.35. The topological polar surface area (TPSA) is 52.6 Å². The number of hydrogen-bond acceptors (Lipinski definition) is 3. The van der Waals surface area contributed by atoms with Crippen LogP contribution in [0.25, 0.3) is 0 Å². The zero-order valence-electron chi connectivity index (χ0n) is 12.1. The number of nitrogens with zero attached hydrogens (tertiary/aromatic N) is 1. The molecule has 0 heterocycles. The van der Waals surface area contributed by atoms with Gasteiger partial charge >= 0.3 is 5.97 Å². The highest BCUT2D eigenvalue weighted by molar-refractivity contribution is 5.89. The second-order valence-corrected chi connectivity index (χ2v) is 4.91. The Morgan fingerprint density at radius 2 is 2.32 bits per heavy atom. The molecule has 4 heteroatoms. The average molecular weight is 266 g/mol. The summed E-state index contributed by atoms with van der Waals surface area (Å²) in [6, 6.07) is 0. The van der Waals surface area contributed by atoms with Gasteiger partial charge in [0.25, 0.3) is 0 Å². The van der Waals surface area contributed by atoms with Crippen LogP contribution >= 0.6 is 0 Å². The van der Waals surface area contributed by atoms with Gasteiger partial charge in [0, 0.05) is 19.6 Å². The molecule has 108 valence electrons. The van der Waals surface area contributed by atoms with Crippen LogP contribution in [0.4, 0.5) is 0 Å². The van der Waals surface area contributed by atoms with Gasteiger partial charge in [0.15, 0.2) is 0 Å². The second-order valence-electron chi connectivity index (χ2n) is 4.91. The van der Waals surface area contributed by atoms with Crippen molar-refractivity contribution < 1.29 is 9.90 Å². The summed E-state index contributed by atoms with van der Waals surface area (Å²) in [5.74, 6) is -0.369. The van der Waals surface area contributed by atoms with Gasteiger partial charge in [-0.25, -0.2) is 4.79 Å². The fourth-order valence-electron chi connectivity index (χ4n) is 2.29. The van der Waals surface area contributed by atoms with Gasteiger partial charge < -0.3 is 15.3 Å². The minimum absolute atomic E-state index is 0.429. The van der Waals surface area contributed by atoms with Crippen molar-refractivity contribution in [1.29, 1.82) is 0 Å². The number of likely N-dealkylation sites (N-methyl/N-ethyl adjacent to an activating group) is 2. The van der Waals surface area contributed by atoms with Gasteiger partial charge in [0.05, 0.1) is 5.57 Å². The third kappa shape index (κ3) is 6.03. The average Bonchev–Trinajstić information content (AvgIpc) is 2.63. The van der Waals surface area contributed by atoms with E-state index >= 15 is 0 Å². The molecule has 19 heavy (non-hydrogen) atoms. The Hall–Kier alpha value is -1.13. The van der Waals surface area contributed by atoms with Crippen molar-refractivity contribution >= 4 is 5.97 Å². The Morgan fingerprint density at radius 1 is 1.53 bits per heavy atom. The molecule has 0 aromatic carbocycles. The van der Waals surface area contributed by atoms with E-state index in [2.05, 4.69) is 30.1 Å². The molecule has 1 aliphatic carbocycles. The third-order valence-electron chi connectivity index (χ3n) is 3.49. The van der Waals surface area contributed by atoms with Crippen LogP contribution in [0.15, 0.2) is 23.8 Å². The highest BCUT2D eigenvalue weighted by atomic mass is 16.4. The number of carboxylic acid groups (broad SMARTS) is 1. The molecule has 0 aliphatic heterocycles. The Bertz CT molecular complexity index is 337. The predicted octanol–water partition coefficient (Wildman–Crippen LogP) is 1.89. The summed E-state index contributed by atoms with van der Waals surface area (Å²) >= 11 is 0. The molecular weight excluding hydrogens is 240 g/mol. The fourth-order valence-corrected chi connectivity index (χ4v) is 2.29. The first-order chi connectivity index (χ1) is 9.17. The molecule has 1 aliphatic rings. The van der Waals surface area contributed by atoms with Gasteiger partial charge in [-0.1, -0.05) is 32.1 Å². The molecule has 1 atom stereocenters. The van der Waals surface area contributed by atoms with Crippen molar-refractivity contribution in [2.75, 3.05) is 32.7 Å². The van der Waals surface area contributed by atoms with Crippen LogP contribution in [0.3, 0.4) is 0 Å². The van der Waals surface area contributed by atoms with Gasteiger partial charge in [-0.3, -0.25) is 0 Å². The minimum Gasteiger partial charge on any atom is -0.478 e. The summed E-state index contributed by atoms with van der Waals surface area (Å²) < 4.78 is 0. The molecular formula is C15H26N2O2. The zero-order valence-corrected chi connectivity index (χ0v) is 12.1. The van der Waals surface area contributed by atoms with Crippen LogP contribution in [-0.2, 0) is 4.79 Å². The smallest absolute Gasteiger partial charge is 0.335 e. The molecule has 0 amide bonds. The van der Waals surface area contributed by atoms with Crippen molar-refractivity contribution in [1.82, 2.24) is 10.2 Å². The standard InChI is InChI=1S/C15H26N2O2/c1-3-16-10-11-17(4-2)12-13-6-5-7-14(9-8-13)15(18)19/h7-9,13,16H,3-6,10-12H2,1-2H3,(H,18,19). The Morgan fingerprint density at radius 3 is 2.95 bits per heavy atom. The van der Waals surface area contributed by atoms with E-state index in [1.54, 1.807) is 6.08 Å². The van der Waals surface area contributed by atoms with Gasteiger partial charge in [-0.2, -0.15) is 0 Å². The Kier molecular flexibility index (Phi) is 7.45. The molecule has 1 unspecified atom stereocenters. The van der Waals surface area contributed by atoms with Crippen molar-refractivity contribution in [3.63, 3.8) is 0 Å². The maximum atomic E-state index is 10.9. The quantitative estimate of drug-likeness (QED) is 0.659. The summed E-state index contributed by atoms with van der Waals surface area (Å²) in [7, 11) is 0. The lowest BCUT2D eigenvalue weighted by molar-refractivity contribution is -0.132. The van der Waals surface area contributed by atoms with Crippen molar-refractivity contribution in [2.24, 2.45) is 5.92 Å². The van der Waals surface area contributed by atoms with Gasteiger partial charge in [-0.15, -0.1) is 0 Å². The van der Waals surface area contributed by atoms with Crippen LogP contribution < -0.4 is 5.32 Å².